The molecular formula is C11H6BrF2NO4. The molecule has 0 saturated carbocycles. The Labute approximate surface area is 113 Å². The summed E-state index contributed by atoms with van der Waals surface area (Å²) in [5.74, 6) is -3.64. The van der Waals surface area contributed by atoms with Crippen LogP contribution >= 0.6 is 15.9 Å². The van der Waals surface area contributed by atoms with E-state index in [-0.39, 0.29) is 15.8 Å². The van der Waals surface area contributed by atoms with Crippen molar-refractivity contribution in [3.8, 4) is 17.1 Å². The van der Waals surface area contributed by atoms with E-state index in [9.17, 15) is 13.6 Å². The standard InChI is InChI=1S/C11H6BrF2NO4/c1-18-10-5(13)2-4(12)9(14)8(10)7-3-6(11(16)17)15-19-7/h2-3H,1H3,(H,16,17). The number of carboxylic acids is 1. The van der Waals surface area contributed by atoms with Gasteiger partial charge in [0.1, 0.15) is 5.56 Å². The van der Waals surface area contributed by atoms with Crippen LogP contribution in [-0.4, -0.2) is 23.3 Å². The van der Waals surface area contributed by atoms with E-state index in [1.807, 2.05) is 0 Å². The van der Waals surface area contributed by atoms with Crippen molar-refractivity contribution in [2.75, 3.05) is 7.11 Å². The van der Waals surface area contributed by atoms with Crippen LogP contribution in [0.5, 0.6) is 5.75 Å². The second kappa shape index (κ2) is 4.96. The van der Waals surface area contributed by atoms with Crippen LogP contribution in [0, 0.1) is 11.6 Å². The molecule has 5 nitrogen and oxygen atoms in total. The van der Waals surface area contributed by atoms with Gasteiger partial charge < -0.3 is 14.4 Å². The van der Waals surface area contributed by atoms with Crippen LogP contribution < -0.4 is 4.74 Å². The largest absolute Gasteiger partial charge is 0.493 e. The lowest BCUT2D eigenvalue weighted by atomic mass is 10.1. The van der Waals surface area contributed by atoms with Gasteiger partial charge >= 0.3 is 5.97 Å². The van der Waals surface area contributed by atoms with Crippen LogP contribution in [0.3, 0.4) is 0 Å². The molecule has 8 heteroatoms. The van der Waals surface area contributed by atoms with Crippen molar-refractivity contribution in [2.45, 2.75) is 0 Å². The summed E-state index contributed by atoms with van der Waals surface area (Å²) >= 11 is 2.84. The Hall–Kier alpha value is -1.96. The average molecular weight is 334 g/mol. The van der Waals surface area contributed by atoms with E-state index < -0.39 is 29.0 Å². The van der Waals surface area contributed by atoms with Gasteiger partial charge in [-0.05, 0) is 22.0 Å². The summed E-state index contributed by atoms with van der Waals surface area (Å²) in [6.07, 6.45) is 0. The first-order chi connectivity index (χ1) is 8.95. The molecule has 0 fully saturated rings. The second-order valence-corrected chi connectivity index (χ2v) is 4.30. The zero-order chi connectivity index (χ0) is 14.2. The fourth-order valence-electron chi connectivity index (χ4n) is 1.49. The molecule has 0 aliphatic carbocycles. The minimum absolute atomic E-state index is 0.144. The van der Waals surface area contributed by atoms with Gasteiger partial charge in [0.15, 0.2) is 28.8 Å². The minimum atomic E-state index is -1.34. The molecule has 1 heterocycles. The van der Waals surface area contributed by atoms with Crippen molar-refractivity contribution in [3.05, 3.63) is 33.9 Å². The molecule has 2 rings (SSSR count). The molecule has 0 amide bonds. The molecule has 19 heavy (non-hydrogen) atoms. The van der Waals surface area contributed by atoms with Crippen LogP contribution in [0.25, 0.3) is 11.3 Å². The second-order valence-electron chi connectivity index (χ2n) is 3.44. The Morgan fingerprint density at radius 1 is 1.47 bits per heavy atom. The summed E-state index contributed by atoms with van der Waals surface area (Å²) in [5.41, 5.74) is -0.758. The maximum atomic E-state index is 14.0. The summed E-state index contributed by atoms with van der Waals surface area (Å²) in [6, 6.07) is 1.88. The maximum Gasteiger partial charge on any atom is 0.358 e. The number of halogens is 3. The highest BCUT2D eigenvalue weighted by Gasteiger charge is 2.24. The third kappa shape index (κ3) is 2.30. The Bertz CT molecular complexity index is 656. The molecule has 0 aliphatic heterocycles. The molecule has 0 spiro atoms. The maximum absolute atomic E-state index is 14.0. The smallest absolute Gasteiger partial charge is 0.358 e. The molecule has 0 radical (unpaired) electrons. The van der Waals surface area contributed by atoms with Crippen molar-refractivity contribution in [3.63, 3.8) is 0 Å². The van der Waals surface area contributed by atoms with E-state index in [0.717, 1.165) is 19.2 Å². The van der Waals surface area contributed by atoms with Crippen LogP contribution in [0.1, 0.15) is 10.5 Å². The van der Waals surface area contributed by atoms with Crippen molar-refractivity contribution in [2.24, 2.45) is 0 Å². The van der Waals surface area contributed by atoms with Crippen LogP contribution in [0.4, 0.5) is 8.78 Å². The third-order valence-corrected chi connectivity index (χ3v) is 2.88. The number of carboxylic acid groups (broad SMARTS) is 1. The molecule has 1 N–H and O–H groups in total. The average Bonchev–Trinajstić information content (AvgIpc) is 2.82. The van der Waals surface area contributed by atoms with Gasteiger partial charge in [0.2, 0.25) is 0 Å². The molecule has 0 unspecified atom stereocenters. The van der Waals surface area contributed by atoms with Gasteiger partial charge in [-0.25, -0.2) is 13.6 Å². The fourth-order valence-corrected chi connectivity index (χ4v) is 1.89. The molecule has 100 valence electrons. The van der Waals surface area contributed by atoms with E-state index in [1.165, 1.54) is 0 Å². The summed E-state index contributed by atoms with van der Waals surface area (Å²) in [5, 5.41) is 12.0. The van der Waals surface area contributed by atoms with Gasteiger partial charge in [-0.15, -0.1) is 0 Å². The van der Waals surface area contributed by atoms with Gasteiger partial charge in [-0.1, -0.05) is 5.16 Å². The van der Waals surface area contributed by atoms with E-state index in [4.69, 9.17) is 14.4 Å². The van der Waals surface area contributed by atoms with Crippen molar-refractivity contribution in [1.82, 2.24) is 5.16 Å². The van der Waals surface area contributed by atoms with Crippen molar-refractivity contribution < 1.29 is 27.9 Å². The number of hydrogen-bond donors (Lipinski definition) is 1. The summed E-state index contributed by atoms with van der Waals surface area (Å²) in [7, 11) is 1.16. The Morgan fingerprint density at radius 3 is 2.68 bits per heavy atom. The third-order valence-electron chi connectivity index (χ3n) is 2.31. The normalized spacial score (nSPS) is 10.5. The number of carbonyl (C=O) groups is 1. The highest BCUT2D eigenvalue weighted by molar-refractivity contribution is 9.10. The van der Waals surface area contributed by atoms with E-state index in [2.05, 4.69) is 21.1 Å². The summed E-state index contributed by atoms with van der Waals surface area (Å²) < 4.78 is 37.0. The molecule has 0 bridgehead atoms. The SMILES string of the molecule is COc1c(F)cc(Br)c(F)c1-c1cc(C(=O)O)no1. The van der Waals surface area contributed by atoms with Gasteiger partial charge in [0.05, 0.1) is 11.6 Å². The predicted molar refractivity (Wildman–Crippen MR) is 63.1 cm³/mol. The molecule has 0 saturated heterocycles. The van der Waals surface area contributed by atoms with Crippen molar-refractivity contribution >= 4 is 21.9 Å². The minimum Gasteiger partial charge on any atom is -0.493 e. The first-order valence-corrected chi connectivity index (χ1v) is 5.67. The number of hydrogen-bond acceptors (Lipinski definition) is 4. The van der Waals surface area contributed by atoms with Gasteiger partial charge in [0.25, 0.3) is 0 Å². The number of aromatic nitrogens is 1. The monoisotopic (exact) mass is 333 g/mol. The lowest BCUT2D eigenvalue weighted by Crippen LogP contribution is -1.97. The van der Waals surface area contributed by atoms with Crippen molar-refractivity contribution in [1.29, 1.82) is 0 Å². The van der Waals surface area contributed by atoms with Crippen LogP contribution in [-0.2, 0) is 0 Å². The lowest BCUT2D eigenvalue weighted by Gasteiger charge is -2.09. The highest BCUT2D eigenvalue weighted by atomic mass is 79.9. The number of benzene rings is 1. The number of ether oxygens (including phenoxy) is 1. The van der Waals surface area contributed by atoms with Crippen LogP contribution in [0.2, 0.25) is 0 Å². The Kier molecular flexibility index (Phi) is 3.52. The summed E-state index contributed by atoms with van der Waals surface area (Å²) in [4.78, 5) is 10.7. The number of aromatic carboxylic acids is 1. The number of methoxy groups -OCH3 is 1. The number of rotatable bonds is 3. The highest BCUT2D eigenvalue weighted by Crippen LogP contribution is 2.38. The topological polar surface area (TPSA) is 72.6 Å². The van der Waals surface area contributed by atoms with E-state index in [1.54, 1.807) is 0 Å². The molecular weight excluding hydrogens is 328 g/mol. The Morgan fingerprint density at radius 2 is 2.16 bits per heavy atom. The Balaban J connectivity index is 2.69. The van der Waals surface area contributed by atoms with E-state index in [0.29, 0.717) is 0 Å². The first-order valence-electron chi connectivity index (χ1n) is 4.87. The zero-order valence-electron chi connectivity index (χ0n) is 9.41. The quantitative estimate of drug-likeness (QED) is 0.874. The van der Waals surface area contributed by atoms with Gasteiger partial charge in [-0.2, -0.15) is 0 Å². The van der Waals surface area contributed by atoms with Crippen LogP contribution in [0.15, 0.2) is 21.1 Å². The summed E-state index contributed by atoms with van der Waals surface area (Å²) in [6.45, 7) is 0. The first kappa shape index (κ1) is 13.5. The number of nitrogens with zero attached hydrogens (tertiary/aromatic N) is 1. The molecule has 0 aliphatic rings. The predicted octanol–water partition coefficient (Wildman–Crippen LogP) is 3.09. The van der Waals surface area contributed by atoms with Gasteiger partial charge in [0, 0.05) is 6.07 Å². The zero-order valence-corrected chi connectivity index (χ0v) is 11.0. The van der Waals surface area contributed by atoms with E-state index >= 15 is 0 Å². The molecule has 0 atom stereocenters. The lowest BCUT2D eigenvalue weighted by molar-refractivity contribution is 0.0686. The molecule has 2 aromatic rings. The molecule has 1 aromatic heterocycles. The van der Waals surface area contributed by atoms with Gasteiger partial charge in [-0.3, -0.25) is 0 Å². The fraction of sp³-hybridized carbons (Fsp3) is 0.0909. The molecule has 1 aromatic carbocycles.